The van der Waals surface area contributed by atoms with Crippen LogP contribution in [0.3, 0.4) is 0 Å². The van der Waals surface area contributed by atoms with Crippen LogP contribution in [0.15, 0.2) is 42.6 Å². The largest absolute Gasteiger partial charge is 0.329 e. The Labute approximate surface area is 131 Å². The van der Waals surface area contributed by atoms with Crippen LogP contribution in [0.5, 0.6) is 0 Å². The summed E-state index contributed by atoms with van der Waals surface area (Å²) >= 11 is 6.09. The molecule has 0 amide bonds. The van der Waals surface area contributed by atoms with Gasteiger partial charge in [0.25, 0.3) is 0 Å². The number of hydrogen-bond donors (Lipinski definition) is 1. The lowest BCUT2D eigenvalue weighted by atomic mass is 10.0. The highest BCUT2D eigenvalue weighted by Gasteiger charge is 2.21. The van der Waals surface area contributed by atoms with E-state index in [1.165, 1.54) is 5.56 Å². The summed E-state index contributed by atoms with van der Waals surface area (Å²) in [6, 6.07) is 12.4. The second-order valence-corrected chi connectivity index (χ2v) is 5.82. The number of aryl methyl sites for hydroxylation is 1. The molecule has 0 saturated heterocycles. The molecule has 0 aliphatic rings. The van der Waals surface area contributed by atoms with Crippen LogP contribution in [0.4, 0.5) is 0 Å². The van der Waals surface area contributed by atoms with E-state index in [1.54, 1.807) is 0 Å². The highest BCUT2D eigenvalue weighted by atomic mass is 35.5. The van der Waals surface area contributed by atoms with Crippen molar-refractivity contribution in [1.82, 2.24) is 9.88 Å². The zero-order valence-corrected chi connectivity index (χ0v) is 13.5. The predicted octanol–water partition coefficient (Wildman–Crippen LogP) is 3.74. The first-order chi connectivity index (χ1) is 10.0. The first kappa shape index (κ1) is 16.0. The van der Waals surface area contributed by atoms with Crippen molar-refractivity contribution in [3.05, 3.63) is 64.4 Å². The Hall–Kier alpha value is -1.42. The molecule has 2 atom stereocenters. The van der Waals surface area contributed by atoms with Gasteiger partial charge >= 0.3 is 0 Å². The molecule has 0 aliphatic heterocycles. The Morgan fingerprint density at radius 3 is 2.57 bits per heavy atom. The minimum Gasteiger partial charge on any atom is -0.329 e. The number of halogens is 1. The summed E-state index contributed by atoms with van der Waals surface area (Å²) in [5, 5.41) is 0.758. The molecular weight excluding hydrogens is 282 g/mol. The highest BCUT2D eigenvalue weighted by Crippen LogP contribution is 2.29. The quantitative estimate of drug-likeness (QED) is 0.915. The fraction of sp³-hybridized carbons (Fsp3) is 0.353. The number of hydrogen-bond acceptors (Lipinski definition) is 3. The fourth-order valence-corrected chi connectivity index (χ4v) is 2.68. The monoisotopic (exact) mass is 303 g/mol. The minimum atomic E-state index is 0.132. The maximum atomic E-state index is 6.09. The van der Waals surface area contributed by atoms with Gasteiger partial charge in [0.15, 0.2) is 0 Å². The van der Waals surface area contributed by atoms with Crippen molar-refractivity contribution in [3.8, 4) is 0 Å². The standard InChI is InChI=1S/C17H22ClN3/c1-12-7-8-15(11-20-12)17(10-19)21(3)13(2)14-5-4-6-16(18)9-14/h4-9,11,13,17H,10,19H2,1-3H3. The average molecular weight is 304 g/mol. The molecule has 0 radical (unpaired) electrons. The van der Waals surface area contributed by atoms with Crippen LogP contribution in [0.1, 0.15) is 35.8 Å². The highest BCUT2D eigenvalue weighted by molar-refractivity contribution is 6.30. The number of nitrogens with zero attached hydrogens (tertiary/aromatic N) is 2. The summed E-state index contributed by atoms with van der Waals surface area (Å²) in [5.74, 6) is 0. The van der Waals surface area contributed by atoms with Crippen molar-refractivity contribution in [3.63, 3.8) is 0 Å². The summed E-state index contributed by atoms with van der Waals surface area (Å²) in [4.78, 5) is 6.64. The van der Waals surface area contributed by atoms with Crippen LogP contribution in [0.25, 0.3) is 0 Å². The molecule has 2 rings (SSSR count). The first-order valence-electron chi connectivity index (χ1n) is 7.13. The summed E-state index contributed by atoms with van der Waals surface area (Å²) in [6.45, 7) is 4.70. The van der Waals surface area contributed by atoms with Crippen molar-refractivity contribution in [2.45, 2.75) is 25.9 Å². The van der Waals surface area contributed by atoms with Crippen LogP contribution in [0.2, 0.25) is 5.02 Å². The minimum absolute atomic E-state index is 0.132. The van der Waals surface area contributed by atoms with Gasteiger partial charge in [-0.1, -0.05) is 29.8 Å². The Morgan fingerprint density at radius 1 is 1.24 bits per heavy atom. The fourth-order valence-electron chi connectivity index (χ4n) is 2.49. The molecule has 2 unspecified atom stereocenters. The average Bonchev–Trinajstić information content (AvgIpc) is 2.49. The van der Waals surface area contributed by atoms with E-state index < -0.39 is 0 Å². The van der Waals surface area contributed by atoms with Gasteiger partial charge in [0.05, 0.1) is 0 Å². The maximum absolute atomic E-state index is 6.09. The Kier molecular flexibility index (Phi) is 5.34. The summed E-state index contributed by atoms with van der Waals surface area (Å²) in [7, 11) is 2.09. The summed E-state index contributed by atoms with van der Waals surface area (Å²) in [5.41, 5.74) is 9.33. The molecule has 0 spiro atoms. The van der Waals surface area contributed by atoms with Crippen LogP contribution in [0, 0.1) is 6.92 Å². The van der Waals surface area contributed by atoms with Crippen molar-refractivity contribution >= 4 is 11.6 Å². The molecule has 0 fully saturated rings. The zero-order chi connectivity index (χ0) is 15.4. The van der Waals surface area contributed by atoms with Crippen molar-refractivity contribution in [1.29, 1.82) is 0 Å². The van der Waals surface area contributed by atoms with E-state index in [2.05, 4.69) is 36.0 Å². The molecule has 0 saturated carbocycles. The van der Waals surface area contributed by atoms with E-state index in [4.69, 9.17) is 17.3 Å². The molecule has 21 heavy (non-hydrogen) atoms. The lowest BCUT2D eigenvalue weighted by molar-refractivity contribution is 0.190. The number of pyridine rings is 1. The van der Waals surface area contributed by atoms with E-state index in [0.717, 1.165) is 16.3 Å². The summed E-state index contributed by atoms with van der Waals surface area (Å²) < 4.78 is 0. The van der Waals surface area contributed by atoms with E-state index >= 15 is 0 Å². The van der Waals surface area contributed by atoms with E-state index in [0.29, 0.717) is 6.54 Å². The number of rotatable bonds is 5. The van der Waals surface area contributed by atoms with Gasteiger partial charge < -0.3 is 5.73 Å². The molecule has 2 aromatic rings. The topological polar surface area (TPSA) is 42.1 Å². The molecule has 0 bridgehead atoms. The third-order valence-electron chi connectivity index (χ3n) is 3.98. The van der Waals surface area contributed by atoms with E-state index in [-0.39, 0.29) is 12.1 Å². The number of aromatic nitrogens is 1. The molecule has 1 aromatic carbocycles. The molecule has 112 valence electrons. The van der Waals surface area contributed by atoms with Gasteiger partial charge in [-0.2, -0.15) is 0 Å². The molecule has 1 heterocycles. The molecular formula is C17H22ClN3. The molecule has 3 nitrogen and oxygen atoms in total. The van der Waals surface area contributed by atoms with Gasteiger partial charge in [-0.15, -0.1) is 0 Å². The van der Waals surface area contributed by atoms with Crippen molar-refractivity contribution in [2.75, 3.05) is 13.6 Å². The van der Waals surface area contributed by atoms with Crippen LogP contribution in [-0.2, 0) is 0 Å². The first-order valence-corrected chi connectivity index (χ1v) is 7.50. The molecule has 2 N–H and O–H groups in total. The zero-order valence-electron chi connectivity index (χ0n) is 12.8. The Balaban J connectivity index is 2.23. The van der Waals surface area contributed by atoms with Crippen molar-refractivity contribution in [2.24, 2.45) is 5.73 Å². The number of likely N-dealkylation sites (N-methyl/N-ethyl adjacent to an activating group) is 1. The van der Waals surface area contributed by atoms with Gasteiger partial charge in [-0.3, -0.25) is 9.88 Å². The lowest BCUT2D eigenvalue weighted by Gasteiger charge is -2.33. The predicted molar refractivity (Wildman–Crippen MR) is 88.4 cm³/mol. The molecule has 1 aromatic heterocycles. The van der Waals surface area contributed by atoms with Gasteiger partial charge in [0.1, 0.15) is 0 Å². The van der Waals surface area contributed by atoms with Gasteiger partial charge in [0.2, 0.25) is 0 Å². The smallest absolute Gasteiger partial charge is 0.0488 e. The van der Waals surface area contributed by atoms with E-state index in [9.17, 15) is 0 Å². The third-order valence-corrected chi connectivity index (χ3v) is 4.21. The Bertz CT molecular complexity index is 583. The van der Waals surface area contributed by atoms with E-state index in [1.807, 2.05) is 37.4 Å². The number of benzene rings is 1. The number of nitrogens with two attached hydrogens (primary N) is 1. The second kappa shape index (κ2) is 7.03. The van der Waals surface area contributed by atoms with Gasteiger partial charge in [-0.25, -0.2) is 0 Å². The molecule has 4 heteroatoms. The maximum Gasteiger partial charge on any atom is 0.0488 e. The van der Waals surface area contributed by atoms with Gasteiger partial charge in [-0.05, 0) is 50.2 Å². The van der Waals surface area contributed by atoms with Crippen molar-refractivity contribution < 1.29 is 0 Å². The summed E-state index contributed by atoms with van der Waals surface area (Å²) in [6.07, 6.45) is 1.91. The lowest BCUT2D eigenvalue weighted by Crippen LogP contribution is -2.32. The van der Waals surface area contributed by atoms with Gasteiger partial charge in [0, 0.05) is 35.5 Å². The normalized spacial score (nSPS) is 14.2. The van der Waals surface area contributed by atoms with Crippen LogP contribution >= 0.6 is 11.6 Å². The second-order valence-electron chi connectivity index (χ2n) is 5.38. The Morgan fingerprint density at radius 2 is 2.00 bits per heavy atom. The molecule has 0 aliphatic carbocycles. The third kappa shape index (κ3) is 3.82. The van der Waals surface area contributed by atoms with Crippen LogP contribution in [-0.4, -0.2) is 23.5 Å². The van der Waals surface area contributed by atoms with Crippen LogP contribution < -0.4 is 5.73 Å². The SMILES string of the molecule is Cc1ccc(C(CN)N(C)C(C)c2cccc(Cl)c2)cn1.